The summed E-state index contributed by atoms with van der Waals surface area (Å²) in [7, 11) is 0. The number of carbonyl (C=O) groups excluding carboxylic acids is 1. The summed E-state index contributed by atoms with van der Waals surface area (Å²) in [6.07, 6.45) is 0. The molecule has 4 aromatic rings. The smallest absolute Gasteiger partial charge is 0.271 e. The van der Waals surface area contributed by atoms with Crippen molar-refractivity contribution in [3.05, 3.63) is 81.6 Å². The summed E-state index contributed by atoms with van der Waals surface area (Å²) in [5, 5.41) is 18.5. The molecule has 0 bridgehead atoms. The second-order valence-corrected chi connectivity index (χ2v) is 7.19. The van der Waals surface area contributed by atoms with Crippen molar-refractivity contribution in [2.45, 2.75) is 6.04 Å². The zero-order valence-electron chi connectivity index (χ0n) is 14.4. The van der Waals surface area contributed by atoms with Gasteiger partial charge in [-0.15, -0.1) is 21.5 Å². The maximum Gasteiger partial charge on any atom is 0.271 e. The van der Waals surface area contributed by atoms with Crippen LogP contribution in [0, 0.1) is 11.6 Å². The number of nitrogens with zero attached hydrogens (tertiary/aromatic N) is 4. The Bertz CT molecular complexity index is 1170. The molecule has 0 radical (unpaired) electrons. The van der Waals surface area contributed by atoms with Crippen molar-refractivity contribution >= 4 is 28.8 Å². The minimum Gasteiger partial charge on any atom is -0.336 e. The maximum atomic E-state index is 14.3. The van der Waals surface area contributed by atoms with Gasteiger partial charge in [-0.25, -0.2) is 13.8 Å². The van der Waals surface area contributed by atoms with Crippen LogP contribution in [0.1, 0.15) is 27.9 Å². The molecule has 4 rings (SSSR count). The summed E-state index contributed by atoms with van der Waals surface area (Å²) in [6.45, 7) is 0. The van der Waals surface area contributed by atoms with E-state index >= 15 is 0 Å². The largest absolute Gasteiger partial charge is 0.336 e. The lowest BCUT2D eigenvalue weighted by Crippen LogP contribution is -2.31. The number of benzene rings is 2. The molecule has 0 aliphatic rings. The molecular formula is C18H11ClF2N6OS. The fraction of sp³-hybridized carbons (Fsp3) is 0.0556. The van der Waals surface area contributed by atoms with Crippen LogP contribution in [0.5, 0.6) is 0 Å². The molecule has 0 aliphatic heterocycles. The molecule has 1 unspecified atom stereocenters. The van der Waals surface area contributed by atoms with Gasteiger partial charge in [0.1, 0.15) is 28.4 Å². The zero-order valence-corrected chi connectivity index (χ0v) is 16.0. The van der Waals surface area contributed by atoms with E-state index in [2.05, 4.69) is 30.9 Å². The predicted molar refractivity (Wildman–Crippen MR) is 102 cm³/mol. The third kappa shape index (κ3) is 4.13. The van der Waals surface area contributed by atoms with Crippen molar-refractivity contribution in [3.8, 4) is 10.6 Å². The van der Waals surface area contributed by atoms with E-state index in [1.54, 1.807) is 23.6 Å². The predicted octanol–water partition coefficient (Wildman–Crippen LogP) is 3.77. The highest BCUT2D eigenvalue weighted by molar-refractivity contribution is 7.13. The van der Waals surface area contributed by atoms with Gasteiger partial charge >= 0.3 is 0 Å². The Hall–Kier alpha value is -3.24. The lowest BCUT2D eigenvalue weighted by atomic mass is 10.1. The van der Waals surface area contributed by atoms with Crippen molar-refractivity contribution in [1.82, 2.24) is 30.9 Å². The lowest BCUT2D eigenvalue weighted by Gasteiger charge is -2.16. The van der Waals surface area contributed by atoms with Crippen molar-refractivity contribution in [1.29, 1.82) is 0 Å². The van der Waals surface area contributed by atoms with E-state index < -0.39 is 23.6 Å². The molecule has 2 N–H and O–H groups in total. The SMILES string of the molecule is O=C(NC(c1nn[nH]n1)c1cc(F)ccc1F)c1csc(-c2cccc(Cl)c2)n1. The maximum absolute atomic E-state index is 14.3. The van der Waals surface area contributed by atoms with Crippen LogP contribution in [0.25, 0.3) is 10.6 Å². The number of H-pyrrole nitrogens is 1. The van der Waals surface area contributed by atoms with Gasteiger partial charge in [0.25, 0.3) is 5.91 Å². The molecule has 0 aliphatic carbocycles. The molecule has 0 fully saturated rings. The second kappa shape index (κ2) is 8.02. The Labute approximate surface area is 171 Å². The molecule has 29 heavy (non-hydrogen) atoms. The summed E-state index contributed by atoms with van der Waals surface area (Å²) in [4.78, 5) is 17.0. The van der Waals surface area contributed by atoms with Crippen LogP contribution in [0.4, 0.5) is 8.78 Å². The Morgan fingerprint density at radius 1 is 1.21 bits per heavy atom. The standard InChI is InChI=1S/C18H11ClF2N6OS/c19-10-3-1-2-9(6-10)18-22-14(8-29-18)17(28)23-15(16-24-26-27-25-16)12-7-11(20)4-5-13(12)21/h1-8,15H,(H,23,28)(H,24,25,26,27). The van der Waals surface area contributed by atoms with Gasteiger partial charge in [-0.3, -0.25) is 4.79 Å². The van der Waals surface area contributed by atoms with Crippen molar-refractivity contribution in [2.75, 3.05) is 0 Å². The van der Waals surface area contributed by atoms with Gasteiger partial charge in [-0.1, -0.05) is 28.9 Å². The van der Waals surface area contributed by atoms with E-state index in [0.717, 1.165) is 23.8 Å². The third-order valence-electron chi connectivity index (χ3n) is 3.97. The van der Waals surface area contributed by atoms with Gasteiger partial charge in [-0.2, -0.15) is 5.21 Å². The van der Waals surface area contributed by atoms with Crippen molar-refractivity contribution in [2.24, 2.45) is 0 Å². The lowest BCUT2D eigenvalue weighted by molar-refractivity contribution is 0.0936. The molecule has 146 valence electrons. The van der Waals surface area contributed by atoms with Crippen LogP contribution >= 0.6 is 22.9 Å². The first-order valence-electron chi connectivity index (χ1n) is 8.22. The monoisotopic (exact) mass is 432 g/mol. The number of aromatic nitrogens is 5. The number of thiazole rings is 1. The van der Waals surface area contributed by atoms with Gasteiger partial charge < -0.3 is 5.32 Å². The minimum atomic E-state index is -1.16. The Morgan fingerprint density at radius 2 is 2.07 bits per heavy atom. The number of aromatic amines is 1. The van der Waals surface area contributed by atoms with Crippen LogP contribution < -0.4 is 5.32 Å². The quantitative estimate of drug-likeness (QED) is 0.500. The van der Waals surface area contributed by atoms with Crippen LogP contribution in [-0.4, -0.2) is 31.5 Å². The number of hydrogen-bond donors (Lipinski definition) is 2. The van der Waals surface area contributed by atoms with Crippen molar-refractivity contribution < 1.29 is 13.6 Å². The minimum absolute atomic E-state index is 0.0202. The van der Waals surface area contributed by atoms with E-state index in [9.17, 15) is 13.6 Å². The summed E-state index contributed by atoms with van der Waals surface area (Å²) in [5.74, 6) is -2.01. The highest BCUT2D eigenvalue weighted by Gasteiger charge is 2.26. The first kappa shape index (κ1) is 19.1. The van der Waals surface area contributed by atoms with E-state index in [0.29, 0.717) is 10.0 Å². The van der Waals surface area contributed by atoms with Crippen molar-refractivity contribution in [3.63, 3.8) is 0 Å². The average molecular weight is 433 g/mol. The summed E-state index contributed by atoms with van der Waals surface area (Å²) in [6, 6.07) is 8.80. The molecule has 1 atom stereocenters. The molecule has 1 amide bonds. The summed E-state index contributed by atoms with van der Waals surface area (Å²) < 4.78 is 28.0. The highest BCUT2D eigenvalue weighted by Crippen LogP contribution is 2.27. The van der Waals surface area contributed by atoms with E-state index in [4.69, 9.17) is 11.6 Å². The van der Waals surface area contributed by atoms with Crippen LogP contribution in [-0.2, 0) is 0 Å². The number of amides is 1. The Balaban J connectivity index is 1.63. The fourth-order valence-corrected chi connectivity index (χ4v) is 3.63. The Morgan fingerprint density at radius 3 is 2.83 bits per heavy atom. The number of rotatable bonds is 5. The molecule has 2 aromatic heterocycles. The number of tetrazole rings is 1. The molecule has 0 saturated heterocycles. The zero-order chi connectivity index (χ0) is 20.4. The van der Waals surface area contributed by atoms with E-state index in [1.807, 2.05) is 6.07 Å². The first-order valence-corrected chi connectivity index (χ1v) is 9.47. The molecule has 0 spiro atoms. The molecule has 7 nitrogen and oxygen atoms in total. The Kier molecular flexibility index (Phi) is 5.28. The van der Waals surface area contributed by atoms with E-state index in [-0.39, 0.29) is 17.1 Å². The first-order chi connectivity index (χ1) is 14.0. The second-order valence-electron chi connectivity index (χ2n) is 5.89. The highest BCUT2D eigenvalue weighted by atomic mass is 35.5. The topological polar surface area (TPSA) is 96.5 Å². The average Bonchev–Trinajstić information content (AvgIpc) is 3.40. The third-order valence-corrected chi connectivity index (χ3v) is 5.10. The van der Waals surface area contributed by atoms with Gasteiger partial charge in [0.05, 0.1) is 0 Å². The number of halogens is 3. The number of carbonyl (C=O) groups is 1. The van der Waals surface area contributed by atoms with Gasteiger partial charge in [0.2, 0.25) is 5.82 Å². The van der Waals surface area contributed by atoms with Crippen LogP contribution in [0.15, 0.2) is 47.8 Å². The van der Waals surface area contributed by atoms with Gasteiger partial charge in [0.15, 0.2) is 0 Å². The van der Waals surface area contributed by atoms with Gasteiger partial charge in [0, 0.05) is 21.5 Å². The van der Waals surface area contributed by atoms with E-state index in [1.165, 1.54) is 11.3 Å². The summed E-state index contributed by atoms with van der Waals surface area (Å²) in [5.41, 5.74) is 0.729. The molecule has 0 saturated carbocycles. The summed E-state index contributed by atoms with van der Waals surface area (Å²) >= 11 is 7.25. The fourth-order valence-electron chi connectivity index (χ4n) is 2.65. The molecular weight excluding hydrogens is 422 g/mol. The van der Waals surface area contributed by atoms with Gasteiger partial charge in [-0.05, 0) is 30.3 Å². The normalized spacial score (nSPS) is 12.0. The number of nitrogens with one attached hydrogen (secondary N) is 2. The van der Waals surface area contributed by atoms with Crippen LogP contribution in [0.2, 0.25) is 5.02 Å². The van der Waals surface area contributed by atoms with Crippen LogP contribution in [0.3, 0.4) is 0 Å². The molecule has 11 heteroatoms. The number of hydrogen-bond acceptors (Lipinski definition) is 6. The molecule has 2 aromatic carbocycles. The molecule has 2 heterocycles.